The predicted molar refractivity (Wildman–Crippen MR) is 109 cm³/mol. The molecule has 148 valence electrons. The number of amides is 1. The zero-order valence-electron chi connectivity index (χ0n) is 16.4. The van der Waals surface area contributed by atoms with Gasteiger partial charge in [0.2, 0.25) is 5.91 Å². The molecule has 1 amide bonds. The lowest BCUT2D eigenvalue weighted by molar-refractivity contribution is -0.128. The topological polar surface area (TPSA) is 86.7 Å². The summed E-state index contributed by atoms with van der Waals surface area (Å²) in [4.78, 5) is 13.2. The second-order valence-electron chi connectivity index (χ2n) is 7.25. The van der Waals surface area contributed by atoms with Gasteiger partial charge in [0.05, 0.1) is 18.2 Å². The number of rotatable bonds is 4. The van der Waals surface area contributed by atoms with Crippen molar-refractivity contribution in [2.24, 2.45) is 0 Å². The van der Waals surface area contributed by atoms with Crippen LogP contribution in [0.25, 0.3) is 22.1 Å². The van der Waals surface area contributed by atoms with Crippen molar-refractivity contribution in [3.05, 3.63) is 47.7 Å². The van der Waals surface area contributed by atoms with Crippen molar-refractivity contribution in [1.29, 1.82) is 5.26 Å². The monoisotopic (exact) mass is 390 g/mol. The van der Waals surface area contributed by atoms with Gasteiger partial charge in [-0.1, -0.05) is 13.0 Å². The first kappa shape index (κ1) is 18.9. The maximum atomic E-state index is 11.5. The fourth-order valence-electron chi connectivity index (χ4n) is 3.85. The van der Waals surface area contributed by atoms with Gasteiger partial charge in [0.15, 0.2) is 11.5 Å². The second kappa shape index (κ2) is 7.51. The second-order valence-corrected chi connectivity index (χ2v) is 7.25. The minimum atomic E-state index is -0.130. The van der Waals surface area contributed by atoms with E-state index in [0.717, 1.165) is 28.7 Å². The Balaban J connectivity index is 1.66. The minimum absolute atomic E-state index is 0.0336. The molecule has 0 bridgehead atoms. The Morgan fingerprint density at radius 1 is 1.34 bits per heavy atom. The van der Waals surface area contributed by atoms with Crippen LogP contribution in [0, 0.1) is 11.3 Å². The molecule has 0 saturated carbocycles. The van der Waals surface area contributed by atoms with Crippen LogP contribution in [0.1, 0.15) is 31.6 Å². The van der Waals surface area contributed by atoms with E-state index in [2.05, 4.69) is 6.07 Å². The largest absolute Gasteiger partial charge is 0.504 e. The number of aromatic hydroxyl groups is 1. The summed E-state index contributed by atoms with van der Waals surface area (Å²) in [5.41, 5.74) is 2.95. The molecule has 1 aliphatic heterocycles. The molecule has 1 fully saturated rings. The summed E-state index contributed by atoms with van der Waals surface area (Å²) >= 11 is 0. The number of likely N-dealkylation sites (tertiary alicyclic amines) is 1. The van der Waals surface area contributed by atoms with Gasteiger partial charge in [-0.05, 0) is 35.9 Å². The molecule has 0 unspecified atom stereocenters. The highest BCUT2D eigenvalue weighted by Gasteiger charge is 2.26. The summed E-state index contributed by atoms with van der Waals surface area (Å²) in [6.45, 7) is 4.75. The van der Waals surface area contributed by atoms with Crippen molar-refractivity contribution >= 4 is 16.9 Å². The molecule has 1 atom stereocenters. The van der Waals surface area contributed by atoms with Crippen LogP contribution in [0.2, 0.25) is 0 Å². The van der Waals surface area contributed by atoms with Gasteiger partial charge in [0, 0.05) is 37.3 Å². The number of phenols is 1. The average molecular weight is 390 g/mol. The van der Waals surface area contributed by atoms with E-state index in [1.807, 2.05) is 19.1 Å². The standard InChI is InChI=1S/C23H22N2O4/c1-3-20-23(18-10-15(12-24)4-6-21(18)29-20)16-5-7-22(19(27)11-16)28-17-8-9-25(13-17)14(2)26/h4-7,10-11,17,27H,3,8-9,13H2,1-2H3/t17-/m0/s1. The molecule has 4 rings (SSSR count). The van der Waals surface area contributed by atoms with E-state index in [-0.39, 0.29) is 17.8 Å². The van der Waals surface area contributed by atoms with E-state index in [1.54, 1.807) is 36.1 Å². The van der Waals surface area contributed by atoms with Crippen molar-refractivity contribution < 1.29 is 19.1 Å². The fraction of sp³-hybridized carbons (Fsp3) is 0.304. The van der Waals surface area contributed by atoms with Crippen LogP contribution in [-0.4, -0.2) is 35.1 Å². The molecule has 1 saturated heterocycles. The zero-order valence-corrected chi connectivity index (χ0v) is 16.4. The Bertz CT molecular complexity index is 1130. The number of nitrogens with zero attached hydrogens (tertiary/aromatic N) is 2. The van der Waals surface area contributed by atoms with Crippen LogP contribution in [0.15, 0.2) is 40.8 Å². The van der Waals surface area contributed by atoms with Crippen LogP contribution in [0.3, 0.4) is 0 Å². The van der Waals surface area contributed by atoms with Crippen molar-refractivity contribution in [1.82, 2.24) is 4.90 Å². The van der Waals surface area contributed by atoms with Gasteiger partial charge in [-0.2, -0.15) is 5.26 Å². The number of ether oxygens (including phenoxy) is 1. The van der Waals surface area contributed by atoms with Gasteiger partial charge in [0.25, 0.3) is 0 Å². The van der Waals surface area contributed by atoms with Crippen LogP contribution in [0.4, 0.5) is 0 Å². The predicted octanol–water partition coefficient (Wildman–Crippen LogP) is 4.24. The molecule has 1 N–H and O–H groups in total. The lowest BCUT2D eigenvalue weighted by atomic mass is 9.99. The summed E-state index contributed by atoms with van der Waals surface area (Å²) in [7, 11) is 0. The highest BCUT2D eigenvalue weighted by molar-refractivity contribution is 5.96. The number of carbonyl (C=O) groups excluding carboxylic acids is 1. The third kappa shape index (κ3) is 3.52. The van der Waals surface area contributed by atoms with Crippen molar-refractivity contribution in [3.8, 4) is 28.7 Å². The first-order valence-electron chi connectivity index (χ1n) is 9.71. The molecule has 2 aromatic carbocycles. The average Bonchev–Trinajstić information content (AvgIpc) is 3.33. The number of furan rings is 1. The summed E-state index contributed by atoms with van der Waals surface area (Å²) in [5.74, 6) is 1.27. The SMILES string of the molecule is CCc1oc2ccc(C#N)cc2c1-c1ccc(O[C@H]2CCN(C(C)=O)C2)c(O)c1. The van der Waals surface area contributed by atoms with E-state index in [4.69, 9.17) is 9.15 Å². The molecule has 1 aliphatic rings. The molecule has 3 aromatic rings. The van der Waals surface area contributed by atoms with Gasteiger partial charge in [-0.3, -0.25) is 4.79 Å². The van der Waals surface area contributed by atoms with Crippen molar-refractivity contribution in [3.63, 3.8) is 0 Å². The number of fused-ring (bicyclic) bond motifs is 1. The smallest absolute Gasteiger partial charge is 0.219 e. The van der Waals surface area contributed by atoms with E-state index in [1.165, 1.54) is 0 Å². The number of carbonyl (C=O) groups is 1. The molecule has 0 aliphatic carbocycles. The lowest BCUT2D eigenvalue weighted by Crippen LogP contribution is -2.28. The highest BCUT2D eigenvalue weighted by atomic mass is 16.5. The number of nitriles is 1. The molecule has 6 nitrogen and oxygen atoms in total. The van der Waals surface area contributed by atoms with Gasteiger partial charge in [-0.25, -0.2) is 0 Å². The first-order valence-corrected chi connectivity index (χ1v) is 9.71. The maximum Gasteiger partial charge on any atom is 0.219 e. The third-order valence-corrected chi connectivity index (χ3v) is 5.34. The Hall–Kier alpha value is -3.46. The van der Waals surface area contributed by atoms with E-state index >= 15 is 0 Å². The normalized spacial score (nSPS) is 16.2. The Labute approximate surface area is 168 Å². The molecule has 0 radical (unpaired) electrons. The van der Waals surface area contributed by atoms with E-state index in [9.17, 15) is 15.2 Å². The van der Waals surface area contributed by atoms with Gasteiger partial charge in [-0.15, -0.1) is 0 Å². The van der Waals surface area contributed by atoms with Crippen molar-refractivity contribution in [2.45, 2.75) is 32.8 Å². The molecule has 2 heterocycles. The fourth-order valence-corrected chi connectivity index (χ4v) is 3.85. The number of hydrogen-bond donors (Lipinski definition) is 1. The van der Waals surface area contributed by atoms with E-state index < -0.39 is 0 Å². The molecule has 1 aromatic heterocycles. The Kier molecular flexibility index (Phi) is 4.89. The molecule has 6 heteroatoms. The van der Waals surface area contributed by atoms with Crippen LogP contribution in [-0.2, 0) is 11.2 Å². The summed E-state index contributed by atoms with van der Waals surface area (Å²) in [6.07, 6.45) is 1.30. The molecule has 0 spiro atoms. The number of hydrogen-bond acceptors (Lipinski definition) is 5. The van der Waals surface area contributed by atoms with Crippen LogP contribution in [0.5, 0.6) is 11.5 Å². The summed E-state index contributed by atoms with van der Waals surface area (Å²) in [5, 5.41) is 20.7. The number of benzene rings is 2. The first-order chi connectivity index (χ1) is 14.0. The van der Waals surface area contributed by atoms with E-state index in [0.29, 0.717) is 36.4 Å². The van der Waals surface area contributed by atoms with Crippen LogP contribution < -0.4 is 4.74 Å². The van der Waals surface area contributed by atoms with Crippen LogP contribution >= 0.6 is 0 Å². The van der Waals surface area contributed by atoms with Gasteiger partial charge >= 0.3 is 0 Å². The number of aryl methyl sites for hydroxylation is 1. The quantitative estimate of drug-likeness (QED) is 0.720. The molecular weight excluding hydrogens is 368 g/mol. The Morgan fingerprint density at radius 2 is 2.17 bits per heavy atom. The summed E-state index contributed by atoms with van der Waals surface area (Å²) < 4.78 is 11.9. The minimum Gasteiger partial charge on any atom is -0.504 e. The van der Waals surface area contributed by atoms with Crippen molar-refractivity contribution in [2.75, 3.05) is 13.1 Å². The maximum absolute atomic E-state index is 11.5. The Morgan fingerprint density at radius 3 is 2.83 bits per heavy atom. The number of phenolic OH excluding ortho intramolecular Hbond substituents is 1. The summed E-state index contributed by atoms with van der Waals surface area (Å²) in [6, 6.07) is 12.8. The van der Waals surface area contributed by atoms with Gasteiger partial charge < -0.3 is 19.2 Å². The lowest BCUT2D eigenvalue weighted by Gasteiger charge is -2.16. The molecular formula is C23H22N2O4. The highest BCUT2D eigenvalue weighted by Crippen LogP contribution is 2.39. The van der Waals surface area contributed by atoms with Gasteiger partial charge in [0.1, 0.15) is 17.4 Å². The zero-order chi connectivity index (χ0) is 20.5. The molecule has 29 heavy (non-hydrogen) atoms. The third-order valence-electron chi connectivity index (χ3n) is 5.34.